The van der Waals surface area contributed by atoms with Crippen LogP contribution in [0.5, 0.6) is 0 Å². The van der Waals surface area contributed by atoms with Gasteiger partial charge in [-0.3, -0.25) is 0 Å². The summed E-state index contributed by atoms with van der Waals surface area (Å²) in [6.07, 6.45) is 1.38. The molecular weight excluding hydrogens is 194 g/mol. The zero-order valence-corrected chi connectivity index (χ0v) is 8.34. The van der Waals surface area contributed by atoms with Crippen LogP contribution < -0.4 is 0 Å². The maximum absolute atomic E-state index is 11.4. The first-order valence-corrected chi connectivity index (χ1v) is 4.58. The normalized spacial score (nSPS) is 11.3. The number of esters is 1. The van der Waals surface area contributed by atoms with Gasteiger partial charge in [0, 0.05) is 0 Å². The molecule has 0 aliphatic heterocycles. The predicted molar refractivity (Wildman–Crippen MR) is 53.9 cm³/mol. The molecule has 1 atom stereocenters. The third-order valence-corrected chi connectivity index (χ3v) is 1.81. The molecule has 0 amide bonds. The van der Waals surface area contributed by atoms with Crippen molar-refractivity contribution in [1.82, 2.24) is 0 Å². The van der Waals surface area contributed by atoms with Crippen LogP contribution in [-0.4, -0.2) is 18.7 Å². The maximum atomic E-state index is 11.4. The Bertz CT molecular complexity index is 369. The molecule has 1 rings (SSSR count). The fourth-order valence-corrected chi connectivity index (χ4v) is 1.17. The van der Waals surface area contributed by atoms with Gasteiger partial charge in [-0.25, -0.2) is 9.59 Å². The van der Waals surface area contributed by atoms with Gasteiger partial charge in [0.1, 0.15) is 0 Å². The van der Waals surface area contributed by atoms with Gasteiger partial charge in [-0.1, -0.05) is 30.3 Å². The van der Waals surface area contributed by atoms with Gasteiger partial charge in [0.25, 0.3) is 0 Å². The Morgan fingerprint density at radius 3 is 2.67 bits per heavy atom. The monoisotopic (exact) mass is 205 g/mol. The summed E-state index contributed by atoms with van der Waals surface area (Å²) in [5, 5.41) is 0. The number of hydrogen-bond donors (Lipinski definition) is 0. The van der Waals surface area contributed by atoms with Crippen molar-refractivity contribution in [3.05, 3.63) is 35.9 Å². The van der Waals surface area contributed by atoms with Gasteiger partial charge in [-0.05, 0) is 12.5 Å². The number of benzene rings is 1. The van der Waals surface area contributed by atoms with E-state index in [1.54, 1.807) is 31.2 Å². The zero-order valence-electron chi connectivity index (χ0n) is 8.34. The van der Waals surface area contributed by atoms with Crippen molar-refractivity contribution >= 4 is 12.0 Å². The Labute approximate surface area is 87.6 Å². The minimum absolute atomic E-state index is 0.260. The van der Waals surface area contributed by atoms with Crippen LogP contribution in [0.25, 0.3) is 0 Å². The van der Waals surface area contributed by atoms with Crippen LogP contribution in [0, 0.1) is 0 Å². The summed E-state index contributed by atoms with van der Waals surface area (Å²) >= 11 is 0. The fourth-order valence-electron chi connectivity index (χ4n) is 1.17. The number of carbonyl (C=O) groups is 1. The minimum atomic E-state index is -0.899. The highest BCUT2D eigenvalue weighted by molar-refractivity contribution is 5.78. The highest BCUT2D eigenvalue weighted by Gasteiger charge is 2.20. The van der Waals surface area contributed by atoms with Crippen molar-refractivity contribution in [2.75, 3.05) is 6.61 Å². The van der Waals surface area contributed by atoms with E-state index in [0.717, 1.165) is 0 Å². The topological polar surface area (TPSA) is 55.7 Å². The molecule has 0 saturated heterocycles. The molecule has 0 unspecified atom stereocenters. The quantitative estimate of drug-likeness (QED) is 0.426. The second-order valence-electron chi connectivity index (χ2n) is 2.79. The molecule has 0 aliphatic carbocycles. The number of nitrogens with zero attached hydrogens (tertiary/aromatic N) is 1. The molecule has 15 heavy (non-hydrogen) atoms. The van der Waals surface area contributed by atoms with Gasteiger partial charge in [0.15, 0.2) is 6.04 Å². The van der Waals surface area contributed by atoms with E-state index in [0.29, 0.717) is 5.56 Å². The first kappa shape index (κ1) is 11.1. The number of hydrogen-bond acceptors (Lipinski definition) is 4. The van der Waals surface area contributed by atoms with E-state index in [2.05, 4.69) is 4.99 Å². The second-order valence-corrected chi connectivity index (χ2v) is 2.79. The molecule has 0 aromatic heterocycles. The smallest absolute Gasteiger partial charge is 0.336 e. The van der Waals surface area contributed by atoms with Gasteiger partial charge >= 0.3 is 5.97 Å². The van der Waals surface area contributed by atoms with Crippen LogP contribution in [0.2, 0.25) is 0 Å². The van der Waals surface area contributed by atoms with Crippen LogP contribution >= 0.6 is 0 Å². The van der Waals surface area contributed by atoms with Crippen LogP contribution in [0.3, 0.4) is 0 Å². The Kier molecular flexibility index (Phi) is 4.26. The molecule has 1 aromatic rings. The van der Waals surface area contributed by atoms with Gasteiger partial charge in [-0.2, -0.15) is 4.99 Å². The molecule has 0 saturated carbocycles. The molecule has 0 bridgehead atoms. The zero-order chi connectivity index (χ0) is 11.1. The van der Waals surface area contributed by atoms with E-state index in [-0.39, 0.29) is 6.61 Å². The van der Waals surface area contributed by atoms with Gasteiger partial charge in [-0.15, -0.1) is 0 Å². The van der Waals surface area contributed by atoms with Crippen molar-refractivity contribution < 1.29 is 14.3 Å². The number of ether oxygens (including phenoxy) is 1. The summed E-state index contributed by atoms with van der Waals surface area (Å²) in [5.41, 5.74) is 0.624. The lowest BCUT2D eigenvalue weighted by Gasteiger charge is -2.09. The molecule has 0 fully saturated rings. The lowest BCUT2D eigenvalue weighted by Crippen LogP contribution is -2.14. The lowest BCUT2D eigenvalue weighted by atomic mass is 10.1. The fraction of sp³-hybridized carbons (Fsp3) is 0.273. The number of isocyanates is 1. The van der Waals surface area contributed by atoms with Gasteiger partial charge in [0.2, 0.25) is 6.08 Å². The minimum Gasteiger partial charge on any atom is -0.464 e. The Morgan fingerprint density at radius 2 is 2.13 bits per heavy atom. The van der Waals surface area contributed by atoms with Crippen LogP contribution in [-0.2, 0) is 14.3 Å². The third-order valence-electron chi connectivity index (χ3n) is 1.81. The third kappa shape index (κ3) is 3.04. The SMILES string of the molecule is CCOC(=O)[C@H](N=C=O)c1ccccc1. The Morgan fingerprint density at radius 1 is 1.47 bits per heavy atom. The maximum Gasteiger partial charge on any atom is 0.336 e. The number of aliphatic imine (C=N–C) groups is 1. The van der Waals surface area contributed by atoms with E-state index in [4.69, 9.17) is 4.74 Å². The Hall–Kier alpha value is -1.93. The second kappa shape index (κ2) is 5.73. The summed E-state index contributed by atoms with van der Waals surface area (Å²) in [7, 11) is 0. The van der Waals surface area contributed by atoms with Crippen molar-refractivity contribution in [3.63, 3.8) is 0 Å². The summed E-state index contributed by atoms with van der Waals surface area (Å²) in [6, 6.07) is 7.87. The number of rotatable bonds is 4. The first-order chi connectivity index (χ1) is 7.29. The van der Waals surface area contributed by atoms with Crippen LogP contribution in [0.4, 0.5) is 0 Å². The predicted octanol–water partition coefficient (Wildman–Crippen LogP) is 1.63. The summed E-state index contributed by atoms with van der Waals surface area (Å²) in [5.74, 6) is -0.535. The van der Waals surface area contributed by atoms with E-state index >= 15 is 0 Å². The first-order valence-electron chi connectivity index (χ1n) is 4.58. The molecule has 0 radical (unpaired) electrons. The van der Waals surface area contributed by atoms with Crippen molar-refractivity contribution in [1.29, 1.82) is 0 Å². The van der Waals surface area contributed by atoms with Crippen LogP contribution in [0.1, 0.15) is 18.5 Å². The Balaban J connectivity index is 2.93. The highest BCUT2D eigenvalue weighted by Crippen LogP contribution is 2.17. The van der Waals surface area contributed by atoms with Crippen molar-refractivity contribution in [2.45, 2.75) is 13.0 Å². The van der Waals surface area contributed by atoms with E-state index in [1.807, 2.05) is 6.07 Å². The average Bonchev–Trinajstić information content (AvgIpc) is 2.27. The van der Waals surface area contributed by atoms with E-state index in [9.17, 15) is 9.59 Å². The standard InChI is InChI=1S/C11H11NO3/c1-2-15-11(14)10(12-8-13)9-6-4-3-5-7-9/h3-7,10H,2H2,1H3/t10-/m1/s1. The number of carbonyl (C=O) groups excluding carboxylic acids is 2. The molecule has 0 spiro atoms. The largest absolute Gasteiger partial charge is 0.464 e. The van der Waals surface area contributed by atoms with Crippen molar-refractivity contribution in [2.24, 2.45) is 4.99 Å². The summed E-state index contributed by atoms with van der Waals surface area (Å²) in [6.45, 7) is 1.96. The molecular formula is C11H11NO3. The molecule has 0 aliphatic rings. The van der Waals surface area contributed by atoms with Gasteiger partial charge in [0.05, 0.1) is 6.61 Å². The molecule has 4 heteroatoms. The van der Waals surface area contributed by atoms with E-state index in [1.165, 1.54) is 6.08 Å². The van der Waals surface area contributed by atoms with E-state index < -0.39 is 12.0 Å². The molecule has 0 N–H and O–H groups in total. The molecule has 78 valence electrons. The molecule has 4 nitrogen and oxygen atoms in total. The van der Waals surface area contributed by atoms with Crippen LogP contribution in [0.15, 0.2) is 35.3 Å². The molecule has 1 aromatic carbocycles. The average molecular weight is 205 g/mol. The lowest BCUT2D eigenvalue weighted by molar-refractivity contribution is -0.144. The highest BCUT2D eigenvalue weighted by atomic mass is 16.5. The summed E-state index contributed by atoms with van der Waals surface area (Å²) < 4.78 is 4.80. The molecule has 0 heterocycles. The summed E-state index contributed by atoms with van der Waals surface area (Å²) in [4.78, 5) is 25.1. The van der Waals surface area contributed by atoms with Crippen molar-refractivity contribution in [3.8, 4) is 0 Å². The van der Waals surface area contributed by atoms with Gasteiger partial charge < -0.3 is 4.74 Å².